The average molecular weight is 199 g/mol. The molecule has 2 aliphatic rings. The highest BCUT2D eigenvalue weighted by Gasteiger charge is 2.34. The maximum Gasteiger partial charge on any atom is 0.0693 e. The molecule has 2 fully saturated rings. The number of rotatable bonds is 4. The van der Waals surface area contributed by atoms with E-state index in [-0.39, 0.29) is 6.10 Å². The first-order valence-corrected chi connectivity index (χ1v) is 5.85. The van der Waals surface area contributed by atoms with Crippen LogP contribution in [0.15, 0.2) is 0 Å². The van der Waals surface area contributed by atoms with Gasteiger partial charge in [0.25, 0.3) is 0 Å². The molecule has 0 unspecified atom stereocenters. The van der Waals surface area contributed by atoms with E-state index in [0.717, 1.165) is 32.3 Å². The minimum absolute atomic E-state index is 0.110. The third kappa shape index (κ3) is 2.27. The summed E-state index contributed by atoms with van der Waals surface area (Å²) >= 11 is 0. The van der Waals surface area contributed by atoms with Gasteiger partial charge in [-0.1, -0.05) is 0 Å². The first kappa shape index (κ1) is 10.4. The molecule has 0 heterocycles. The molecule has 0 aliphatic heterocycles. The molecule has 3 heteroatoms. The largest absolute Gasteiger partial charge is 0.392 e. The Morgan fingerprint density at radius 1 is 1.36 bits per heavy atom. The molecule has 82 valence electrons. The zero-order chi connectivity index (χ0) is 9.97. The zero-order valence-electron chi connectivity index (χ0n) is 8.91. The summed E-state index contributed by atoms with van der Waals surface area (Å²) in [5.41, 5.74) is 0. The van der Waals surface area contributed by atoms with Crippen LogP contribution in [-0.2, 0) is 4.74 Å². The Bertz CT molecular complexity index is 180. The smallest absolute Gasteiger partial charge is 0.0693 e. The van der Waals surface area contributed by atoms with Crippen molar-refractivity contribution in [2.24, 2.45) is 0 Å². The summed E-state index contributed by atoms with van der Waals surface area (Å²) in [4.78, 5) is 0. The van der Waals surface area contributed by atoms with Crippen LogP contribution in [0.5, 0.6) is 0 Å². The van der Waals surface area contributed by atoms with Crippen LogP contribution in [0.1, 0.15) is 39.0 Å². The topological polar surface area (TPSA) is 41.5 Å². The van der Waals surface area contributed by atoms with Gasteiger partial charge in [-0.3, -0.25) is 0 Å². The lowest BCUT2D eigenvalue weighted by atomic mass is 9.88. The number of hydrogen-bond donors (Lipinski definition) is 2. The van der Waals surface area contributed by atoms with Gasteiger partial charge in [0, 0.05) is 18.7 Å². The Kier molecular flexibility index (Phi) is 3.42. The third-order valence-electron chi connectivity index (χ3n) is 3.43. The predicted octanol–water partition coefficient (Wildman–Crippen LogP) is 1.06. The molecule has 0 aromatic rings. The highest BCUT2D eigenvalue weighted by Crippen LogP contribution is 2.27. The third-order valence-corrected chi connectivity index (χ3v) is 3.43. The predicted molar refractivity (Wildman–Crippen MR) is 55.2 cm³/mol. The second-order valence-corrected chi connectivity index (χ2v) is 4.52. The van der Waals surface area contributed by atoms with Gasteiger partial charge in [-0.05, 0) is 39.0 Å². The monoisotopic (exact) mass is 199 g/mol. The number of nitrogens with one attached hydrogen (secondary N) is 1. The van der Waals surface area contributed by atoms with Crippen LogP contribution in [-0.4, -0.2) is 36.0 Å². The normalized spacial score (nSPS) is 42.4. The van der Waals surface area contributed by atoms with Gasteiger partial charge in [-0.2, -0.15) is 0 Å². The van der Waals surface area contributed by atoms with Crippen molar-refractivity contribution in [1.29, 1.82) is 0 Å². The standard InChI is InChI=1S/C11H21NO2/c1-2-14-9-6-8(7-9)12-10-4-3-5-11(10)13/h8-13H,2-7H2,1H3/t8?,9?,10-,11-/m1/s1. The zero-order valence-corrected chi connectivity index (χ0v) is 8.91. The maximum atomic E-state index is 9.63. The van der Waals surface area contributed by atoms with Crippen LogP contribution in [0.25, 0.3) is 0 Å². The Morgan fingerprint density at radius 3 is 2.71 bits per heavy atom. The Hall–Kier alpha value is -0.120. The van der Waals surface area contributed by atoms with E-state index in [9.17, 15) is 5.11 Å². The molecule has 3 nitrogen and oxygen atoms in total. The highest BCUT2D eigenvalue weighted by atomic mass is 16.5. The average Bonchev–Trinajstić information content (AvgIpc) is 2.48. The molecule has 2 N–H and O–H groups in total. The summed E-state index contributed by atoms with van der Waals surface area (Å²) < 4.78 is 5.50. The molecule has 2 rings (SSSR count). The SMILES string of the molecule is CCOC1CC(N[C@@H]2CCC[C@H]2O)C1. The van der Waals surface area contributed by atoms with Gasteiger partial charge in [0.05, 0.1) is 12.2 Å². The highest BCUT2D eigenvalue weighted by molar-refractivity contribution is 4.92. The molecular weight excluding hydrogens is 178 g/mol. The van der Waals surface area contributed by atoms with Gasteiger partial charge < -0.3 is 15.2 Å². The van der Waals surface area contributed by atoms with E-state index >= 15 is 0 Å². The fraction of sp³-hybridized carbons (Fsp3) is 1.00. The van der Waals surface area contributed by atoms with Crippen molar-refractivity contribution in [3.63, 3.8) is 0 Å². The first-order chi connectivity index (χ1) is 6.79. The van der Waals surface area contributed by atoms with E-state index in [4.69, 9.17) is 4.74 Å². The molecule has 2 aliphatic carbocycles. The second kappa shape index (κ2) is 4.60. The van der Waals surface area contributed by atoms with Gasteiger partial charge in [0.15, 0.2) is 0 Å². The van der Waals surface area contributed by atoms with Gasteiger partial charge in [0.1, 0.15) is 0 Å². The number of aliphatic hydroxyl groups is 1. The fourth-order valence-corrected chi connectivity index (χ4v) is 2.51. The summed E-state index contributed by atoms with van der Waals surface area (Å²) in [6.45, 7) is 2.87. The molecule has 0 saturated heterocycles. The molecular formula is C11H21NO2. The molecule has 0 aromatic heterocycles. The molecule has 2 atom stereocenters. The lowest BCUT2D eigenvalue weighted by Crippen LogP contribution is -2.51. The number of hydrogen-bond acceptors (Lipinski definition) is 3. The van der Waals surface area contributed by atoms with Crippen molar-refractivity contribution < 1.29 is 9.84 Å². The molecule has 0 spiro atoms. The van der Waals surface area contributed by atoms with Crippen LogP contribution >= 0.6 is 0 Å². The summed E-state index contributed by atoms with van der Waals surface area (Å²) in [6.07, 6.45) is 5.88. The van der Waals surface area contributed by atoms with Crippen LogP contribution in [0.4, 0.5) is 0 Å². The summed E-state index contributed by atoms with van der Waals surface area (Å²) in [7, 11) is 0. The maximum absolute atomic E-state index is 9.63. The fourth-order valence-electron chi connectivity index (χ4n) is 2.51. The quantitative estimate of drug-likeness (QED) is 0.711. The van der Waals surface area contributed by atoms with Gasteiger partial charge in [-0.15, -0.1) is 0 Å². The van der Waals surface area contributed by atoms with E-state index in [1.165, 1.54) is 6.42 Å². The minimum atomic E-state index is -0.110. The molecule has 0 radical (unpaired) electrons. The molecule has 0 aromatic carbocycles. The van der Waals surface area contributed by atoms with Gasteiger partial charge in [0.2, 0.25) is 0 Å². The van der Waals surface area contributed by atoms with Crippen molar-refractivity contribution >= 4 is 0 Å². The van der Waals surface area contributed by atoms with Crippen LogP contribution in [0.2, 0.25) is 0 Å². The first-order valence-electron chi connectivity index (χ1n) is 5.85. The van der Waals surface area contributed by atoms with E-state index in [2.05, 4.69) is 5.32 Å². The van der Waals surface area contributed by atoms with Crippen LogP contribution in [0, 0.1) is 0 Å². The number of aliphatic hydroxyl groups excluding tert-OH is 1. The molecule has 0 bridgehead atoms. The lowest BCUT2D eigenvalue weighted by Gasteiger charge is -2.37. The van der Waals surface area contributed by atoms with Gasteiger partial charge >= 0.3 is 0 Å². The van der Waals surface area contributed by atoms with Gasteiger partial charge in [-0.25, -0.2) is 0 Å². The number of ether oxygens (including phenoxy) is 1. The van der Waals surface area contributed by atoms with Crippen LogP contribution in [0.3, 0.4) is 0 Å². The Labute approximate surface area is 85.8 Å². The molecule has 2 saturated carbocycles. The summed E-state index contributed by atoms with van der Waals surface area (Å²) in [5.74, 6) is 0. The summed E-state index contributed by atoms with van der Waals surface area (Å²) in [5, 5.41) is 13.2. The van der Waals surface area contributed by atoms with Crippen molar-refractivity contribution in [2.75, 3.05) is 6.61 Å². The van der Waals surface area contributed by atoms with E-state index in [1.54, 1.807) is 0 Å². The van der Waals surface area contributed by atoms with E-state index in [0.29, 0.717) is 18.2 Å². The Balaban J connectivity index is 1.63. The minimum Gasteiger partial charge on any atom is -0.392 e. The van der Waals surface area contributed by atoms with Crippen molar-refractivity contribution in [2.45, 2.75) is 63.3 Å². The second-order valence-electron chi connectivity index (χ2n) is 4.52. The van der Waals surface area contributed by atoms with E-state index < -0.39 is 0 Å². The molecule has 0 amide bonds. The van der Waals surface area contributed by atoms with Crippen LogP contribution < -0.4 is 5.32 Å². The summed E-state index contributed by atoms with van der Waals surface area (Å²) in [6, 6.07) is 0.937. The lowest BCUT2D eigenvalue weighted by molar-refractivity contribution is -0.0161. The van der Waals surface area contributed by atoms with Crippen molar-refractivity contribution in [3.05, 3.63) is 0 Å². The van der Waals surface area contributed by atoms with Crippen molar-refractivity contribution in [3.8, 4) is 0 Å². The molecule has 14 heavy (non-hydrogen) atoms. The van der Waals surface area contributed by atoms with Crippen molar-refractivity contribution in [1.82, 2.24) is 5.32 Å². The van der Waals surface area contributed by atoms with E-state index in [1.807, 2.05) is 6.92 Å². The Morgan fingerprint density at radius 2 is 2.14 bits per heavy atom.